The minimum atomic E-state index is -0.364. The highest BCUT2D eigenvalue weighted by atomic mass is 16.5. The van der Waals surface area contributed by atoms with Crippen LogP contribution in [0.1, 0.15) is 35.6 Å². The van der Waals surface area contributed by atoms with Gasteiger partial charge in [0.15, 0.2) is 0 Å². The molecule has 5 heteroatoms. The van der Waals surface area contributed by atoms with Crippen LogP contribution in [0.25, 0.3) is 5.57 Å². The number of amides is 2. The van der Waals surface area contributed by atoms with Crippen LogP contribution >= 0.6 is 0 Å². The molecule has 5 nitrogen and oxygen atoms in total. The van der Waals surface area contributed by atoms with Crippen molar-refractivity contribution in [3.63, 3.8) is 0 Å². The smallest absolute Gasteiger partial charge is 0.282 e. The number of rotatable bonds is 7. The first kappa shape index (κ1) is 22.3. The average Bonchev–Trinajstić information content (AvgIpc) is 3.05. The van der Waals surface area contributed by atoms with Gasteiger partial charge in [-0.2, -0.15) is 0 Å². The van der Waals surface area contributed by atoms with E-state index in [2.05, 4.69) is 5.32 Å². The number of anilines is 2. The molecule has 3 aromatic rings. The summed E-state index contributed by atoms with van der Waals surface area (Å²) in [5.74, 6) is 0.0265. The van der Waals surface area contributed by atoms with Gasteiger partial charge in [0.25, 0.3) is 11.8 Å². The molecule has 1 N–H and O–H groups in total. The molecule has 4 rings (SSSR count). The van der Waals surface area contributed by atoms with Crippen LogP contribution < -0.4 is 15.0 Å². The first-order valence-electron chi connectivity index (χ1n) is 11.2. The van der Waals surface area contributed by atoms with Crippen molar-refractivity contribution in [3.8, 4) is 5.75 Å². The van der Waals surface area contributed by atoms with E-state index in [9.17, 15) is 9.59 Å². The molecule has 0 aromatic heterocycles. The number of carbonyl (C=O) groups excluding carboxylic acids is 2. The molecule has 1 aliphatic rings. The molecule has 0 spiro atoms. The zero-order chi connectivity index (χ0) is 23.5. The van der Waals surface area contributed by atoms with Gasteiger partial charge in [0.2, 0.25) is 0 Å². The molecule has 0 saturated carbocycles. The van der Waals surface area contributed by atoms with E-state index in [-0.39, 0.29) is 17.5 Å². The number of nitrogens with zero attached hydrogens (tertiary/aromatic N) is 1. The van der Waals surface area contributed by atoms with Gasteiger partial charge in [0.05, 0.1) is 17.9 Å². The Balaban J connectivity index is 1.81. The van der Waals surface area contributed by atoms with Crippen LogP contribution in [0, 0.1) is 20.8 Å². The van der Waals surface area contributed by atoms with Crippen molar-refractivity contribution >= 4 is 28.8 Å². The van der Waals surface area contributed by atoms with E-state index in [1.54, 1.807) is 6.07 Å². The molecular formula is C28H28N2O3. The third kappa shape index (κ3) is 4.27. The average molecular weight is 441 g/mol. The Morgan fingerprint density at radius 1 is 0.818 bits per heavy atom. The van der Waals surface area contributed by atoms with Crippen LogP contribution in [0.3, 0.4) is 0 Å². The highest BCUT2D eigenvalue weighted by Gasteiger charge is 2.40. The van der Waals surface area contributed by atoms with Crippen molar-refractivity contribution in [1.29, 1.82) is 0 Å². The summed E-state index contributed by atoms with van der Waals surface area (Å²) in [6.07, 6.45) is 0.912. The minimum absolute atomic E-state index is 0.277. The molecule has 3 aromatic carbocycles. The van der Waals surface area contributed by atoms with Gasteiger partial charge in [-0.3, -0.25) is 9.59 Å². The summed E-state index contributed by atoms with van der Waals surface area (Å²) in [7, 11) is 0. The minimum Gasteiger partial charge on any atom is -0.494 e. The lowest BCUT2D eigenvalue weighted by Crippen LogP contribution is -2.33. The molecule has 0 radical (unpaired) electrons. The lowest BCUT2D eigenvalue weighted by molar-refractivity contribution is -0.120. The molecule has 0 saturated heterocycles. The summed E-state index contributed by atoms with van der Waals surface area (Å²) < 4.78 is 5.68. The number of benzene rings is 3. The maximum atomic E-state index is 13.7. The quantitative estimate of drug-likeness (QED) is 0.472. The molecule has 1 heterocycles. The molecule has 0 fully saturated rings. The number of imide groups is 1. The summed E-state index contributed by atoms with van der Waals surface area (Å²) in [5, 5.41) is 3.28. The number of para-hydroxylation sites is 1. The molecule has 2 amide bonds. The highest BCUT2D eigenvalue weighted by Crippen LogP contribution is 2.36. The molecule has 168 valence electrons. The van der Waals surface area contributed by atoms with Crippen LogP contribution in [0.4, 0.5) is 11.4 Å². The Hall–Kier alpha value is -3.86. The maximum absolute atomic E-state index is 13.7. The molecule has 0 atom stereocenters. The molecule has 0 bridgehead atoms. The van der Waals surface area contributed by atoms with Crippen molar-refractivity contribution in [1.82, 2.24) is 0 Å². The molecule has 1 aliphatic heterocycles. The monoisotopic (exact) mass is 440 g/mol. The number of ether oxygens (including phenoxy) is 1. The Kier molecular flexibility index (Phi) is 6.31. The molecule has 33 heavy (non-hydrogen) atoms. The molecule has 0 unspecified atom stereocenters. The van der Waals surface area contributed by atoms with E-state index < -0.39 is 0 Å². The standard InChI is InChI=1S/C28H28N2O3/c1-5-17-33-22-15-13-21(14-16-22)25-26(29-23-11-8-10-18(2)20(23)4)28(32)30(27(25)31)24-12-7-6-9-19(24)3/h6-16,29H,5,17H2,1-4H3. The first-order chi connectivity index (χ1) is 15.9. The van der Waals surface area contributed by atoms with Gasteiger partial charge < -0.3 is 10.1 Å². The van der Waals surface area contributed by atoms with Gasteiger partial charge >= 0.3 is 0 Å². The molecular weight excluding hydrogens is 412 g/mol. The Labute approximate surface area is 194 Å². The van der Waals surface area contributed by atoms with Crippen LogP contribution in [0.15, 0.2) is 72.4 Å². The van der Waals surface area contributed by atoms with Crippen molar-refractivity contribution < 1.29 is 14.3 Å². The van der Waals surface area contributed by atoms with Crippen molar-refractivity contribution in [3.05, 3.63) is 94.7 Å². The second kappa shape index (κ2) is 9.33. The number of nitrogens with one attached hydrogen (secondary N) is 1. The zero-order valence-electron chi connectivity index (χ0n) is 19.4. The fourth-order valence-corrected chi connectivity index (χ4v) is 3.91. The summed E-state index contributed by atoms with van der Waals surface area (Å²) in [6, 6.07) is 20.6. The van der Waals surface area contributed by atoms with Gasteiger partial charge in [-0.05, 0) is 73.7 Å². The molecule has 0 aliphatic carbocycles. The van der Waals surface area contributed by atoms with Gasteiger partial charge in [-0.15, -0.1) is 0 Å². The summed E-state index contributed by atoms with van der Waals surface area (Å²) >= 11 is 0. The van der Waals surface area contributed by atoms with E-state index in [1.165, 1.54) is 4.90 Å². The highest BCUT2D eigenvalue weighted by molar-refractivity contribution is 6.46. The van der Waals surface area contributed by atoms with E-state index >= 15 is 0 Å². The van der Waals surface area contributed by atoms with Crippen LogP contribution in [-0.4, -0.2) is 18.4 Å². The lowest BCUT2D eigenvalue weighted by atomic mass is 10.0. The fraction of sp³-hybridized carbons (Fsp3) is 0.214. The summed E-state index contributed by atoms with van der Waals surface area (Å²) in [6.45, 7) is 8.59. The predicted octanol–water partition coefficient (Wildman–Crippen LogP) is 5.80. The van der Waals surface area contributed by atoms with Gasteiger partial charge in [0.1, 0.15) is 11.4 Å². The Morgan fingerprint density at radius 2 is 1.52 bits per heavy atom. The second-order valence-corrected chi connectivity index (χ2v) is 8.23. The number of carbonyl (C=O) groups is 2. The third-order valence-electron chi connectivity index (χ3n) is 5.92. The van der Waals surface area contributed by atoms with E-state index in [0.29, 0.717) is 23.4 Å². The summed E-state index contributed by atoms with van der Waals surface area (Å²) in [4.78, 5) is 28.5. The van der Waals surface area contributed by atoms with E-state index in [4.69, 9.17) is 4.74 Å². The lowest BCUT2D eigenvalue weighted by Gasteiger charge is -2.18. The van der Waals surface area contributed by atoms with Crippen molar-refractivity contribution in [2.45, 2.75) is 34.1 Å². The number of hydrogen-bond acceptors (Lipinski definition) is 4. The normalized spacial score (nSPS) is 13.6. The SMILES string of the molecule is CCCOc1ccc(C2=C(Nc3cccc(C)c3C)C(=O)N(c3ccccc3C)C2=O)cc1. The van der Waals surface area contributed by atoms with Crippen molar-refractivity contribution in [2.75, 3.05) is 16.8 Å². The number of hydrogen-bond donors (Lipinski definition) is 1. The first-order valence-corrected chi connectivity index (χ1v) is 11.2. The van der Waals surface area contributed by atoms with Gasteiger partial charge in [-0.25, -0.2) is 4.90 Å². The van der Waals surface area contributed by atoms with Crippen LogP contribution in [-0.2, 0) is 9.59 Å². The number of aryl methyl sites for hydroxylation is 2. The third-order valence-corrected chi connectivity index (χ3v) is 5.92. The Morgan fingerprint density at radius 3 is 2.21 bits per heavy atom. The van der Waals surface area contributed by atoms with E-state index in [1.807, 2.05) is 88.4 Å². The fourth-order valence-electron chi connectivity index (χ4n) is 3.91. The van der Waals surface area contributed by atoms with E-state index in [0.717, 1.165) is 34.5 Å². The zero-order valence-corrected chi connectivity index (χ0v) is 19.4. The van der Waals surface area contributed by atoms with Crippen molar-refractivity contribution in [2.24, 2.45) is 0 Å². The maximum Gasteiger partial charge on any atom is 0.282 e. The van der Waals surface area contributed by atoms with Gasteiger partial charge in [-0.1, -0.05) is 49.4 Å². The predicted molar refractivity (Wildman–Crippen MR) is 132 cm³/mol. The Bertz CT molecular complexity index is 1240. The van der Waals surface area contributed by atoms with Crippen LogP contribution in [0.5, 0.6) is 5.75 Å². The summed E-state index contributed by atoms with van der Waals surface area (Å²) in [5.41, 5.74) is 5.68. The topological polar surface area (TPSA) is 58.6 Å². The van der Waals surface area contributed by atoms with Crippen LogP contribution in [0.2, 0.25) is 0 Å². The largest absolute Gasteiger partial charge is 0.494 e. The second-order valence-electron chi connectivity index (χ2n) is 8.23. The van der Waals surface area contributed by atoms with Gasteiger partial charge in [0, 0.05) is 5.69 Å².